The van der Waals surface area contributed by atoms with E-state index in [0.717, 1.165) is 5.56 Å². The molecule has 0 radical (unpaired) electrons. The van der Waals surface area contributed by atoms with Crippen LogP contribution in [0, 0.1) is 0 Å². The highest BCUT2D eigenvalue weighted by Crippen LogP contribution is 2.14. The number of unbranched alkanes of at least 4 members (excludes halogenated alkanes) is 1. The number of phenols is 1. The van der Waals surface area contributed by atoms with E-state index < -0.39 is 49.0 Å². The standard InChI is InChI=1S/C21H31N3O9/c25-10-15(27)16(28)17(29)18(30)21(33)22-8-2-1-3-13-19(31)24-14(20(32)23-13)9-11-4-6-12(26)7-5-11/h4-7,13-18,25-30H,1-3,8-10H2,(H,22,33)(H,23,32)(H,24,31)/t13-,14-,15+,16+,17-,18+/m0/s1. The second-order valence-corrected chi connectivity index (χ2v) is 7.96. The van der Waals surface area contributed by atoms with Gasteiger partial charge in [0, 0.05) is 13.0 Å². The van der Waals surface area contributed by atoms with Crippen molar-refractivity contribution in [2.45, 2.75) is 62.2 Å². The molecule has 12 nitrogen and oxygen atoms in total. The molecule has 12 heteroatoms. The number of aliphatic hydroxyl groups excluding tert-OH is 5. The molecule has 0 aromatic heterocycles. The van der Waals surface area contributed by atoms with E-state index in [4.69, 9.17) is 5.11 Å². The van der Waals surface area contributed by atoms with Gasteiger partial charge in [0.2, 0.25) is 11.8 Å². The molecule has 1 aliphatic heterocycles. The zero-order chi connectivity index (χ0) is 24.5. The van der Waals surface area contributed by atoms with Crippen LogP contribution in [0.2, 0.25) is 0 Å². The zero-order valence-electron chi connectivity index (χ0n) is 17.9. The molecule has 1 aromatic rings. The van der Waals surface area contributed by atoms with Gasteiger partial charge in [0.25, 0.3) is 5.91 Å². The predicted octanol–water partition coefficient (Wildman–Crippen LogP) is -3.36. The van der Waals surface area contributed by atoms with Gasteiger partial charge in [-0.2, -0.15) is 0 Å². The van der Waals surface area contributed by atoms with Crippen molar-refractivity contribution in [2.24, 2.45) is 0 Å². The Labute approximate surface area is 190 Å². The van der Waals surface area contributed by atoms with Crippen molar-refractivity contribution in [3.8, 4) is 5.75 Å². The van der Waals surface area contributed by atoms with Gasteiger partial charge < -0.3 is 46.6 Å². The van der Waals surface area contributed by atoms with E-state index in [1.54, 1.807) is 12.1 Å². The van der Waals surface area contributed by atoms with Gasteiger partial charge in [-0.15, -0.1) is 0 Å². The number of nitrogens with one attached hydrogen (secondary N) is 3. The van der Waals surface area contributed by atoms with Gasteiger partial charge in [-0.3, -0.25) is 14.4 Å². The first-order valence-corrected chi connectivity index (χ1v) is 10.6. The fourth-order valence-corrected chi connectivity index (χ4v) is 3.36. The van der Waals surface area contributed by atoms with Crippen LogP contribution in [0.1, 0.15) is 24.8 Å². The maximum Gasteiger partial charge on any atom is 0.251 e. The zero-order valence-corrected chi connectivity index (χ0v) is 17.9. The second kappa shape index (κ2) is 12.5. The Bertz CT molecular complexity index is 805. The molecule has 0 spiro atoms. The van der Waals surface area contributed by atoms with E-state index in [2.05, 4.69) is 16.0 Å². The van der Waals surface area contributed by atoms with Crippen LogP contribution in [0.5, 0.6) is 5.75 Å². The molecule has 3 amide bonds. The third-order valence-corrected chi connectivity index (χ3v) is 5.38. The molecule has 1 fully saturated rings. The summed E-state index contributed by atoms with van der Waals surface area (Å²) < 4.78 is 0. The number of phenolic OH excluding ortho intramolecular Hbond substituents is 1. The Balaban J connectivity index is 1.69. The highest BCUT2D eigenvalue weighted by molar-refractivity contribution is 5.97. The largest absolute Gasteiger partial charge is 0.508 e. The fraction of sp³-hybridized carbons (Fsp3) is 0.571. The number of piperazine rings is 1. The molecule has 0 aliphatic carbocycles. The monoisotopic (exact) mass is 469 g/mol. The van der Waals surface area contributed by atoms with Gasteiger partial charge in [-0.05, 0) is 37.0 Å². The van der Waals surface area contributed by atoms with Crippen LogP contribution in [0.4, 0.5) is 0 Å². The average Bonchev–Trinajstić information content (AvgIpc) is 2.80. The minimum Gasteiger partial charge on any atom is -0.508 e. The Kier molecular flexibility index (Phi) is 10.0. The first kappa shape index (κ1) is 26.5. The third-order valence-electron chi connectivity index (χ3n) is 5.38. The fourth-order valence-electron chi connectivity index (χ4n) is 3.36. The molecule has 1 heterocycles. The van der Waals surface area contributed by atoms with Gasteiger partial charge in [-0.1, -0.05) is 12.1 Å². The molecule has 1 aliphatic rings. The summed E-state index contributed by atoms with van der Waals surface area (Å²) in [7, 11) is 0. The molecule has 9 N–H and O–H groups in total. The van der Waals surface area contributed by atoms with Crippen molar-refractivity contribution >= 4 is 17.7 Å². The van der Waals surface area contributed by atoms with E-state index in [1.807, 2.05) is 0 Å². The molecule has 33 heavy (non-hydrogen) atoms. The molecule has 1 saturated heterocycles. The number of hydrogen-bond acceptors (Lipinski definition) is 9. The van der Waals surface area contributed by atoms with Crippen molar-refractivity contribution in [3.05, 3.63) is 29.8 Å². The van der Waals surface area contributed by atoms with E-state index in [1.165, 1.54) is 12.1 Å². The van der Waals surface area contributed by atoms with Crippen LogP contribution in [-0.4, -0.2) is 98.0 Å². The van der Waals surface area contributed by atoms with Crippen molar-refractivity contribution in [2.75, 3.05) is 13.2 Å². The number of hydrogen-bond donors (Lipinski definition) is 9. The van der Waals surface area contributed by atoms with Crippen molar-refractivity contribution in [1.82, 2.24) is 16.0 Å². The molecule has 184 valence electrons. The van der Waals surface area contributed by atoms with Crippen molar-refractivity contribution < 1.29 is 45.0 Å². The minimum atomic E-state index is -2.00. The second-order valence-electron chi connectivity index (χ2n) is 7.96. The number of carbonyl (C=O) groups excluding carboxylic acids is 3. The van der Waals surface area contributed by atoms with Crippen LogP contribution in [0.3, 0.4) is 0 Å². The first-order valence-electron chi connectivity index (χ1n) is 10.6. The average molecular weight is 469 g/mol. The van der Waals surface area contributed by atoms with Gasteiger partial charge >= 0.3 is 0 Å². The molecular weight excluding hydrogens is 438 g/mol. The molecule has 6 atom stereocenters. The highest BCUT2D eigenvalue weighted by atomic mass is 16.4. The van der Waals surface area contributed by atoms with Gasteiger partial charge in [0.1, 0.15) is 36.1 Å². The summed E-state index contributed by atoms with van der Waals surface area (Å²) in [5, 5.41) is 64.0. The first-order chi connectivity index (χ1) is 15.6. The maximum atomic E-state index is 12.3. The summed E-state index contributed by atoms with van der Waals surface area (Å²) in [6.45, 7) is -0.748. The molecule has 0 unspecified atom stereocenters. The van der Waals surface area contributed by atoms with Gasteiger partial charge in [-0.25, -0.2) is 0 Å². The van der Waals surface area contributed by atoms with Crippen LogP contribution < -0.4 is 16.0 Å². The lowest BCUT2D eigenvalue weighted by atomic mass is 9.99. The smallest absolute Gasteiger partial charge is 0.251 e. The third kappa shape index (κ3) is 7.65. The van der Waals surface area contributed by atoms with E-state index in [0.29, 0.717) is 19.3 Å². The molecule has 0 saturated carbocycles. The summed E-state index contributed by atoms with van der Waals surface area (Å²) in [5.74, 6) is -1.50. The lowest BCUT2D eigenvalue weighted by molar-refractivity contribution is -0.148. The summed E-state index contributed by atoms with van der Waals surface area (Å²) in [4.78, 5) is 36.5. The Morgan fingerprint density at radius 3 is 2.18 bits per heavy atom. The number of aromatic hydroxyl groups is 1. The summed E-state index contributed by atoms with van der Waals surface area (Å²) >= 11 is 0. The van der Waals surface area contributed by atoms with E-state index >= 15 is 0 Å². The van der Waals surface area contributed by atoms with Crippen molar-refractivity contribution in [1.29, 1.82) is 0 Å². The van der Waals surface area contributed by atoms with E-state index in [9.17, 15) is 39.9 Å². The van der Waals surface area contributed by atoms with Crippen LogP contribution in [0.25, 0.3) is 0 Å². The lowest BCUT2D eigenvalue weighted by Gasteiger charge is -2.29. The normalized spacial score (nSPS) is 22.0. The topological polar surface area (TPSA) is 209 Å². The van der Waals surface area contributed by atoms with Crippen LogP contribution in [-0.2, 0) is 20.8 Å². The Morgan fingerprint density at radius 1 is 0.939 bits per heavy atom. The summed E-state index contributed by atoms with van der Waals surface area (Å²) in [6, 6.07) is 4.90. The number of benzene rings is 1. The minimum absolute atomic E-state index is 0.104. The van der Waals surface area contributed by atoms with Gasteiger partial charge in [0.15, 0.2) is 6.10 Å². The quantitative estimate of drug-likeness (QED) is 0.140. The number of amides is 3. The van der Waals surface area contributed by atoms with E-state index in [-0.39, 0.29) is 30.5 Å². The highest BCUT2D eigenvalue weighted by Gasteiger charge is 2.34. The molecular formula is C21H31N3O9. The van der Waals surface area contributed by atoms with Crippen molar-refractivity contribution in [3.63, 3.8) is 0 Å². The van der Waals surface area contributed by atoms with Gasteiger partial charge in [0.05, 0.1) is 6.61 Å². The van der Waals surface area contributed by atoms with Crippen LogP contribution in [0.15, 0.2) is 24.3 Å². The molecule has 0 bridgehead atoms. The lowest BCUT2D eigenvalue weighted by Crippen LogP contribution is -2.62. The molecule has 1 aromatic carbocycles. The Morgan fingerprint density at radius 2 is 1.55 bits per heavy atom. The molecule has 2 rings (SSSR count). The number of aliphatic hydroxyl groups is 5. The summed E-state index contributed by atoms with van der Waals surface area (Å²) in [6.07, 6.45) is -6.11. The van der Waals surface area contributed by atoms with Crippen LogP contribution >= 0.6 is 0 Å². The Hall–Kier alpha value is -2.77. The summed E-state index contributed by atoms with van der Waals surface area (Å²) in [5.41, 5.74) is 0.785. The number of rotatable bonds is 12. The number of carbonyl (C=O) groups is 3. The maximum absolute atomic E-state index is 12.3. The predicted molar refractivity (Wildman–Crippen MR) is 114 cm³/mol. The SMILES string of the molecule is O=C1N[C@@H](Cc2ccc(O)cc2)C(=O)N[C@H]1CCCCNC(=O)[C@H](O)[C@@H](O)[C@H](O)[C@H](O)CO.